The van der Waals surface area contributed by atoms with Gasteiger partial charge in [0.25, 0.3) is 0 Å². The van der Waals surface area contributed by atoms with Gasteiger partial charge in [0.05, 0.1) is 5.56 Å². The first-order valence-electron chi connectivity index (χ1n) is 8.45. The second-order valence-electron chi connectivity index (χ2n) is 6.05. The topological polar surface area (TPSA) is 0 Å². The van der Waals surface area contributed by atoms with Gasteiger partial charge in [-0.15, -0.1) is 5.92 Å². The Hall–Kier alpha value is -3.06. The van der Waals surface area contributed by atoms with Gasteiger partial charge in [0, 0.05) is 11.1 Å². The summed E-state index contributed by atoms with van der Waals surface area (Å²) in [7, 11) is 0. The van der Waals surface area contributed by atoms with Gasteiger partial charge in [-0.3, -0.25) is 0 Å². The minimum Gasteiger partial charge on any atom is -0.206 e. The van der Waals surface area contributed by atoms with E-state index in [-0.39, 0.29) is 22.3 Å². The second kappa shape index (κ2) is 7.67. The number of aryl methyl sites for hydroxylation is 1. The van der Waals surface area contributed by atoms with Gasteiger partial charge in [-0.2, -0.15) is 0 Å². The summed E-state index contributed by atoms with van der Waals surface area (Å²) in [6, 6.07) is 10.9. The summed E-state index contributed by atoms with van der Waals surface area (Å²) in [6.07, 6.45) is 0.694. The summed E-state index contributed by atoms with van der Waals surface area (Å²) in [6.45, 7) is 3.38. The third-order valence-electron chi connectivity index (χ3n) is 4.32. The normalized spacial score (nSPS) is 10.4. The van der Waals surface area contributed by atoms with Gasteiger partial charge < -0.3 is 0 Å². The van der Waals surface area contributed by atoms with E-state index in [2.05, 4.69) is 11.8 Å². The van der Waals surface area contributed by atoms with Crippen LogP contribution in [0.5, 0.6) is 0 Å². The molecule has 0 bridgehead atoms. The van der Waals surface area contributed by atoms with Crippen molar-refractivity contribution in [3.05, 3.63) is 82.9 Å². The fraction of sp³-hybridized carbons (Fsp3) is 0.130. The van der Waals surface area contributed by atoms with E-state index in [1.54, 1.807) is 12.1 Å². The summed E-state index contributed by atoms with van der Waals surface area (Å²) in [4.78, 5) is 0. The van der Waals surface area contributed by atoms with Gasteiger partial charge in [0.2, 0.25) is 0 Å². The van der Waals surface area contributed by atoms with Crippen LogP contribution in [0.1, 0.15) is 25.0 Å². The Morgan fingerprint density at radius 3 is 1.81 bits per heavy atom. The van der Waals surface area contributed by atoms with Crippen molar-refractivity contribution in [2.45, 2.75) is 20.3 Å². The third kappa shape index (κ3) is 3.73. The summed E-state index contributed by atoms with van der Waals surface area (Å²) in [5.74, 6) is 1.93. The van der Waals surface area contributed by atoms with Crippen molar-refractivity contribution in [3.63, 3.8) is 0 Å². The Morgan fingerprint density at radius 2 is 1.26 bits per heavy atom. The Kier molecular flexibility index (Phi) is 5.32. The number of hydrogen-bond acceptors (Lipinski definition) is 0. The second-order valence-corrected chi connectivity index (χ2v) is 6.05. The fourth-order valence-electron chi connectivity index (χ4n) is 2.90. The smallest absolute Gasteiger partial charge is 0.142 e. The lowest BCUT2D eigenvalue weighted by atomic mass is 9.97. The molecular formula is C23H16F4. The molecule has 0 spiro atoms. The largest absolute Gasteiger partial charge is 0.206 e. The summed E-state index contributed by atoms with van der Waals surface area (Å²) >= 11 is 0. The van der Waals surface area contributed by atoms with Crippen molar-refractivity contribution in [2.75, 3.05) is 0 Å². The highest BCUT2D eigenvalue weighted by Gasteiger charge is 2.15. The lowest BCUT2D eigenvalue weighted by molar-refractivity contribution is 0.577. The molecular weight excluding hydrogens is 352 g/mol. The zero-order chi connectivity index (χ0) is 19.6. The van der Waals surface area contributed by atoms with Crippen LogP contribution in [0.25, 0.3) is 22.3 Å². The van der Waals surface area contributed by atoms with Crippen molar-refractivity contribution in [1.82, 2.24) is 0 Å². The molecule has 3 rings (SSSR count). The Morgan fingerprint density at radius 1 is 0.704 bits per heavy atom. The van der Waals surface area contributed by atoms with E-state index in [4.69, 9.17) is 0 Å². The van der Waals surface area contributed by atoms with Crippen LogP contribution in [0.15, 0.2) is 48.5 Å². The van der Waals surface area contributed by atoms with Crippen molar-refractivity contribution in [2.24, 2.45) is 0 Å². The molecule has 0 atom stereocenters. The molecule has 3 aromatic rings. The van der Waals surface area contributed by atoms with Crippen molar-refractivity contribution < 1.29 is 17.6 Å². The summed E-state index contributed by atoms with van der Waals surface area (Å²) in [5.41, 5.74) is 1.19. The molecule has 0 amide bonds. The van der Waals surface area contributed by atoms with Gasteiger partial charge in [-0.25, -0.2) is 17.6 Å². The van der Waals surface area contributed by atoms with Gasteiger partial charge in [-0.1, -0.05) is 37.1 Å². The van der Waals surface area contributed by atoms with Crippen molar-refractivity contribution in [1.29, 1.82) is 0 Å². The molecule has 4 heteroatoms. The van der Waals surface area contributed by atoms with E-state index in [1.807, 2.05) is 6.92 Å². The van der Waals surface area contributed by atoms with Crippen LogP contribution in [0.4, 0.5) is 17.6 Å². The first-order chi connectivity index (χ1) is 12.9. The van der Waals surface area contributed by atoms with Crippen LogP contribution in [0.2, 0.25) is 0 Å². The van der Waals surface area contributed by atoms with E-state index >= 15 is 0 Å². The van der Waals surface area contributed by atoms with E-state index in [1.165, 1.54) is 25.1 Å². The Balaban J connectivity index is 2.04. The molecule has 0 aliphatic carbocycles. The van der Waals surface area contributed by atoms with Gasteiger partial charge >= 0.3 is 0 Å². The Labute approximate surface area is 155 Å². The molecule has 0 radical (unpaired) electrons. The number of benzene rings is 3. The van der Waals surface area contributed by atoms with Crippen molar-refractivity contribution in [3.8, 4) is 34.1 Å². The average molecular weight is 368 g/mol. The molecule has 0 N–H and O–H groups in total. The van der Waals surface area contributed by atoms with E-state index in [0.717, 1.165) is 23.8 Å². The molecule has 0 unspecified atom stereocenters. The average Bonchev–Trinajstić information content (AvgIpc) is 2.64. The minimum atomic E-state index is -0.857. The first kappa shape index (κ1) is 18.7. The zero-order valence-electron chi connectivity index (χ0n) is 14.8. The molecule has 0 fully saturated rings. The van der Waals surface area contributed by atoms with Gasteiger partial charge in [0.15, 0.2) is 0 Å². The molecule has 0 saturated heterocycles. The lowest BCUT2D eigenvalue weighted by Crippen LogP contribution is -1.95. The van der Waals surface area contributed by atoms with Crippen LogP contribution in [-0.2, 0) is 6.42 Å². The highest BCUT2D eigenvalue weighted by atomic mass is 19.1. The quantitative estimate of drug-likeness (QED) is 0.365. The van der Waals surface area contributed by atoms with Crippen molar-refractivity contribution >= 4 is 0 Å². The molecule has 0 saturated carbocycles. The first-order valence-corrected chi connectivity index (χ1v) is 8.45. The summed E-state index contributed by atoms with van der Waals surface area (Å²) in [5, 5.41) is 0. The van der Waals surface area contributed by atoms with E-state index < -0.39 is 23.3 Å². The molecule has 136 valence electrons. The number of halogens is 4. The van der Waals surface area contributed by atoms with E-state index in [0.29, 0.717) is 12.0 Å². The summed E-state index contributed by atoms with van der Waals surface area (Å²) < 4.78 is 57.0. The molecule has 0 nitrogen and oxygen atoms in total. The minimum absolute atomic E-state index is 0.0261. The maximum atomic E-state index is 14.6. The maximum absolute atomic E-state index is 14.6. The third-order valence-corrected chi connectivity index (χ3v) is 4.32. The fourth-order valence-corrected chi connectivity index (χ4v) is 2.90. The van der Waals surface area contributed by atoms with E-state index in [9.17, 15) is 17.6 Å². The van der Waals surface area contributed by atoms with Crippen LogP contribution < -0.4 is 0 Å². The highest BCUT2D eigenvalue weighted by Crippen LogP contribution is 2.31. The highest BCUT2D eigenvalue weighted by molar-refractivity contribution is 5.72. The monoisotopic (exact) mass is 368 g/mol. The number of rotatable bonds is 3. The van der Waals surface area contributed by atoms with Crippen LogP contribution in [0, 0.1) is 35.1 Å². The standard InChI is InChI=1S/C23H16F4/c1-3-5-19-22(26)12-16(13-23(19)27)18-9-7-15(11-21(18)25)17-8-6-14(4-2)10-20(17)24/h6-13H,4H2,1-2H3. The predicted molar refractivity (Wildman–Crippen MR) is 99.1 cm³/mol. The van der Waals surface area contributed by atoms with Gasteiger partial charge in [0.1, 0.15) is 23.3 Å². The lowest BCUT2D eigenvalue weighted by Gasteiger charge is -2.10. The molecule has 27 heavy (non-hydrogen) atoms. The maximum Gasteiger partial charge on any atom is 0.142 e. The molecule has 0 heterocycles. The van der Waals surface area contributed by atoms with Crippen LogP contribution in [-0.4, -0.2) is 0 Å². The zero-order valence-corrected chi connectivity index (χ0v) is 14.8. The molecule has 3 aromatic carbocycles. The van der Waals surface area contributed by atoms with Gasteiger partial charge in [-0.05, 0) is 54.3 Å². The molecule has 0 aliphatic rings. The SMILES string of the molecule is CC#Cc1c(F)cc(-c2ccc(-c3ccc(CC)cc3F)cc2F)cc1F. The predicted octanol–water partition coefficient (Wildman–Crippen LogP) is 6.51. The molecule has 0 aliphatic heterocycles. The van der Waals surface area contributed by atoms with Crippen LogP contribution in [0.3, 0.4) is 0 Å². The van der Waals surface area contributed by atoms with Crippen LogP contribution >= 0.6 is 0 Å². The molecule has 0 aromatic heterocycles. The number of hydrogen-bond donors (Lipinski definition) is 0. The Bertz CT molecular complexity index is 1050.